The van der Waals surface area contributed by atoms with Gasteiger partial charge in [-0.3, -0.25) is 13.9 Å². The number of anilines is 1. The number of amides is 2. The molecule has 1 atom stereocenters. The predicted molar refractivity (Wildman–Crippen MR) is 144 cm³/mol. The lowest BCUT2D eigenvalue weighted by molar-refractivity contribution is -0.139. The van der Waals surface area contributed by atoms with Crippen LogP contribution in [-0.2, 0) is 26.2 Å². The Morgan fingerprint density at radius 1 is 1.00 bits per heavy atom. The molecule has 0 fully saturated rings. The molecule has 0 aliphatic heterocycles. The molecular weight excluding hydrogens is 550 g/mol. The molecule has 2 amide bonds. The van der Waals surface area contributed by atoms with Crippen molar-refractivity contribution < 1.29 is 27.5 Å². The number of hydrogen-bond acceptors (Lipinski definition) is 6. The number of nitrogens with one attached hydrogen (secondary N) is 1. The monoisotopic (exact) mass is 583 g/mol. The van der Waals surface area contributed by atoms with Crippen molar-refractivity contribution in [1.82, 2.24) is 10.2 Å². The highest BCUT2D eigenvalue weighted by molar-refractivity contribution is 9.10. The van der Waals surface area contributed by atoms with Gasteiger partial charge in [0, 0.05) is 23.6 Å². The van der Waals surface area contributed by atoms with E-state index in [-0.39, 0.29) is 24.1 Å². The zero-order valence-corrected chi connectivity index (χ0v) is 23.9. The summed E-state index contributed by atoms with van der Waals surface area (Å²) < 4.78 is 37.8. The first-order valence-corrected chi connectivity index (χ1v) is 14.0. The summed E-state index contributed by atoms with van der Waals surface area (Å²) in [4.78, 5) is 27.8. The van der Waals surface area contributed by atoms with Gasteiger partial charge in [0.1, 0.15) is 12.6 Å². The molecule has 9 nitrogen and oxygen atoms in total. The van der Waals surface area contributed by atoms with Gasteiger partial charge < -0.3 is 19.7 Å². The standard InChI is InChI=1S/C25H34BrN3O6S/c1-17(2)14-27-25(31)18(3)28(15-19-7-9-20(26)10-8-19)24(30)16-29(36(6,32)33)21-11-12-22(34-4)23(13-21)35-5/h7-13,17-18H,14-16H2,1-6H3,(H,27,31). The molecule has 0 spiro atoms. The third-order valence-electron chi connectivity index (χ3n) is 5.45. The lowest BCUT2D eigenvalue weighted by Gasteiger charge is -2.31. The Morgan fingerprint density at radius 3 is 2.14 bits per heavy atom. The summed E-state index contributed by atoms with van der Waals surface area (Å²) in [7, 11) is -0.941. The number of carbonyl (C=O) groups is 2. The second-order valence-electron chi connectivity index (χ2n) is 8.77. The van der Waals surface area contributed by atoms with E-state index >= 15 is 0 Å². The van der Waals surface area contributed by atoms with Gasteiger partial charge in [0.2, 0.25) is 21.8 Å². The van der Waals surface area contributed by atoms with E-state index in [0.717, 1.165) is 20.6 Å². The molecule has 0 aliphatic carbocycles. The van der Waals surface area contributed by atoms with E-state index in [2.05, 4.69) is 21.2 Å². The number of rotatable bonds is 12. The van der Waals surface area contributed by atoms with Crippen molar-refractivity contribution in [2.24, 2.45) is 5.92 Å². The van der Waals surface area contributed by atoms with Crippen LogP contribution >= 0.6 is 15.9 Å². The van der Waals surface area contributed by atoms with Gasteiger partial charge in [-0.15, -0.1) is 0 Å². The van der Waals surface area contributed by atoms with Crippen LogP contribution in [0.1, 0.15) is 26.3 Å². The molecule has 2 rings (SSSR count). The lowest BCUT2D eigenvalue weighted by atomic mass is 10.1. The normalized spacial score (nSPS) is 12.1. The van der Waals surface area contributed by atoms with E-state index < -0.39 is 28.5 Å². The zero-order valence-electron chi connectivity index (χ0n) is 21.4. The van der Waals surface area contributed by atoms with Crippen LogP contribution in [0.15, 0.2) is 46.9 Å². The third-order valence-corrected chi connectivity index (χ3v) is 7.12. The van der Waals surface area contributed by atoms with Crippen molar-refractivity contribution >= 4 is 43.5 Å². The molecule has 0 saturated heterocycles. The van der Waals surface area contributed by atoms with E-state index in [1.54, 1.807) is 13.0 Å². The van der Waals surface area contributed by atoms with E-state index in [0.29, 0.717) is 18.0 Å². The van der Waals surface area contributed by atoms with Gasteiger partial charge in [-0.1, -0.05) is 41.9 Å². The number of nitrogens with zero attached hydrogens (tertiary/aromatic N) is 2. The molecule has 2 aromatic rings. The number of methoxy groups -OCH3 is 2. The fraction of sp³-hybridized carbons (Fsp3) is 0.440. The summed E-state index contributed by atoms with van der Waals surface area (Å²) in [5.41, 5.74) is 1.04. The van der Waals surface area contributed by atoms with Gasteiger partial charge in [-0.2, -0.15) is 0 Å². The fourth-order valence-corrected chi connectivity index (χ4v) is 4.52. The molecule has 0 heterocycles. The first-order chi connectivity index (χ1) is 16.9. The van der Waals surface area contributed by atoms with Crippen LogP contribution in [0.5, 0.6) is 11.5 Å². The zero-order chi connectivity index (χ0) is 27.0. The second-order valence-corrected chi connectivity index (χ2v) is 11.6. The minimum absolute atomic E-state index is 0.131. The number of hydrogen-bond donors (Lipinski definition) is 1. The summed E-state index contributed by atoms with van der Waals surface area (Å²) in [5, 5.41) is 2.85. The van der Waals surface area contributed by atoms with Gasteiger partial charge in [-0.05, 0) is 42.7 Å². The number of halogens is 1. The van der Waals surface area contributed by atoms with Crippen LogP contribution < -0.4 is 19.1 Å². The Bertz CT molecular complexity index is 1150. The Kier molecular flexibility index (Phi) is 10.6. The topological polar surface area (TPSA) is 105 Å². The van der Waals surface area contributed by atoms with Crippen molar-refractivity contribution in [1.29, 1.82) is 0 Å². The molecular formula is C25H34BrN3O6S. The van der Waals surface area contributed by atoms with Crippen molar-refractivity contribution in [3.8, 4) is 11.5 Å². The smallest absolute Gasteiger partial charge is 0.244 e. The van der Waals surface area contributed by atoms with Crippen molar-refractivity contribution in [2.45, 2.75) is 33.4 Å². The quantitative estimate of drug-likeness (QED) is 0.410. The van der Waals surface area contributed by atoms with Gasteiger partial charge >= 0.3 is 0 Å². The van der Waals surface area contributed by atoms with Crippen LogP contribution in [0.3, 0.4) is 0 Å². The van der Waals surface area contributed by atoms with Crippen LogP contribution in [0.25, 0.3) is 0 Å². The van der Waals surface area contributed by atoms with Gasteiger partial charge in [0.25, 0.3) is 0 Å². The maximum atomic E-state index is 13.6. The van der Waals surface area contributed by atoms with E-state index in [1.165, 1.54) is 31.3 Å². The van der Waals surface area contributed by atoms with Crippen LogP contribution in [0.4, 0.5) is 5.69 Å². The number of benzene rings is 2. The second kappa shape index (κ2) is 13.0. The molecule has 1 N–H and O–H groups in total. The Balaban J connectivity index is 2.41. The van der Waals surface area contributed by atoms with E-state index in [9.17, 15) is 18.0 Å². The summed E-state index contributed by atoms with van der Waals surface area (Å²) in [5.74, 6) is 0.150. The molecule has 0 aromatic heterocycles. The minimum atomic E-state index is -3.85. The maximum absolute atomic E-state index is 13.6. The van der Waals surface area contributed by atoms with E-state index in [4.69, 9.17) is 9.47 Å². The number of sulfonamides is 1. The minimum Gasteiger partial charge on any atom is -0.493 e. The Labute approximate surface area is 221 Å². The summed E-state index contributed by atoms with van der Waals surface area (Å²) in [6.07, 6.45) is 1.02. The first-order valence-electron chi connectivity index (χ1n) is 11.4. The molecule has 0 radical (unpaired) electrons. The lowest BCUT2D eigenvalue weighted by Crippen LogP contribution is -2.51. The number of carbonyl (C=O) groups excluding carboxylic acids is 2. The molecule has 0 bridgehead atoms. The molecule has 0 saturated carbocycles. The van der Waals surface area contributed by atoms with Crippen LogP contribution in [-0.4, -0.2) is 64.7 Å². The van der Waals surface area contributed by atoms with Crippen molar-refractivity contribution in [3.05, 3.63) is 52.5 Å². The van der Waals surface area contributed by atoms with Crippen LogP contribution in [0, 0.1) is 5.92 Å². The Hall–Kier alpha value is -2.79. The highest BCUT2D eigenvalue weighted by Crippen LogP contribution is 2.32. The molecule has 2 aromatic carbocycles. The average Bonchev–Trinajstić information content (AvgIpc) is 2.83. The first kappa shape index (κ1) is 29.4. The predicted octanol–water partition coefficient (Wildman–Crippen LogP) is 3.42. The highest BCUT2D eigenvalue weighted by atomic mass is 79.9. The third kappa shape index (κ3) is 8.12. The van der Waals surface area contributed by atoms with Gasteiger partial charge in [0.15, 0.2) is 11.5 Å². The van der Waals surface area contributed by atoms with Crippen LogP contribution in [0.2, 0.25) is 0 Å². The summed E-state index contributed by atoms with van der Waals surface area (Å²) >= 11 is 3.39. The average molecular weight is 585 g/mol. The number of ether oxygens (including phenoxy) is 2. The fourth-order valence-electron chi connectivity index (χ4n) is 3.42. The summed E-state index contributed by atoms with van der Waals surface area (Å²) in [6, 6.07) is 11.1. The largest absolute Gasteiger partial charge is 0.493 e. The molecule has 11 heteroatoms. The van der Waals surface area contributed by atoms with Crippen molar-refractivity contribution in [2.75, 3.05) is 37.9 Å². The highest BCUT2D eigenvalue weighted by Gasteiger charge is 2.30. The molecule has 0 aliphatic rings. The van der Waals surface area contributed by atoms with Gasteiger partial charge in [-0.25, -0.2) is 8.42 Å². The van der Waals surface area contributed by atoms with Gasteiger partial charge in [0.05, 0.1) is 26.2 Å². The van der Waals surface area contributed by atoms with E-state index in [1.807, 2.05) is 38.1 Å². The SMILES string of the molecule is COc1ccc(N(CC(=O)N(Cc2ccc(Br)cc2)C(C)C(=O)NCC(C)C)S(C)(=O)=O)cc1OC. The Morgan fingerprint density at radius 2 is 1.61 bits per heavy atom. The summed E-state index contributed by atoms with van der Waals surface area (Å²) in [6.45, 7) is 5.68. The maximum Gasteiger partial charge on any atom is 0.244 e. The molecule has 198 valence electrons. The van der Waals surface area contributed by atoms with Crippen molar-refractivity contribution in [3.63, 3.8) is 0 Å². The molecule has 1 unspecified atom stereocenters. The molecule has 36 heavy (non-hydrogen) atoms.